The van der Waals surface area contributed by atoms with Gasteiger partial charge in [0.2, 0.25) is 0 Å². The lowest BCUT2D eigenvalue weighted by Crippen LogP contribution is -2.38. The number of halogens is 1. The van der Waals surface area contributed by atoms with Crippen LogP contribution in [0.1, 0.15) is 17.4 Å². The van der Waals surface area contributed by atoms with Gasteiger partial charge in [-0.1, -0.05) is 23.7 Å². The molecule has 112 valence electrons. The van der Waals surface area contributed by atoms with Gasteiger partial charge < -0.3 is 10.6 Å². The van der Waals surface area contributed by atoms with Crippen molar-refractivity contribution in [3.63, 3.8) is 0 Å². The predicted octanol–water partition coefficient (Wildman–Crippen LogP) is 3.09. The zero-order valence-electron chi connectivity index (χ0n) is 12.0. The molecule has 2 N–H and O–H groups in total. The van der Waals surface area contributed by atoms with E-state index in [1.165, 1.54) is 4.88 Å². The van der Waals surface area contributed by atoms with Crippen molar-refractivity contribution in [2.75, 3.05) is 13.1 Å². The summed E-state index contributed by atoms with van der Waals surface area (Å²) in [6.07, 6.45) is 2.69. The van der Waals surface area contributed by atoms with Crippen LogP contribution in [0.25, 0.3) is 0 Å². The summed E-state index contributed by atoms with van der Waals surface area (Å²) in [6.45, 7) is 4.42. The minimum atomic E-state index is 0.526. The highest BCUT2D eigenvalue weighted by molar-refractivity contribution is 7.09. The van der Waals surface area contributed by atoms with Gasteiger partial charge >= 0.3 is 0 Å². The van der Waals surface area contributed by atoms with Crippen LogP contribution < -0.4 is 10.6 Å². The Morgan fingerprint density at radius 2 is 2.24 bits per heavy atom. The smallest absolute Gasteiger partial charge is 0.191 e. The first kappa shape index (κ1) is 15.8. The fourth-order valence-electron chi connectivity index (χ4n) is 1.78. The molecular formula is C15H19ClN4S. The van der Waals surface area contributed by atoms with Crippen LogP contribution in [-0.4, -0.2) is 24.0 Å². The molecule has 2 aromatic heterocycles. The molecule has 21 heavy (non-hydrogen) atoms. The van der Waals surface area contributed by atoms with E-state index >= 15 is 0 Å². The van der Waals surface area contributed by atoms with Crippen LogP contribution in [0, 0.1) is 0 Å². The molecule has 0 aliphatic heterocycles. The second kappa shape index (κ2) is 8.64. The number of aliphatic imine (C=N–C) groups is 1. The molecule has 2 aromatic rings. The van der Waals surface area contributed by atoms with Crippen molar-refractivity contribution in [3.8, 4) is 0 Å². The highest BCUT2D eigenvalue weighted by atomic mass is 35.5. The van der Waals surface area contributed by atoms with E-state index < -0.39 is 0 Å². The third-order valence-electron chi connectivity index (χ3n) is 2.81. The van der Waals surface area contributed by atoms with Gasteiger partial charge in [-0.3, -0.25) is 0 Å². The summed E-state index contributed by atoms with van der Waals surface area (Å²) in [6, 6.07) is 7.94. The first-order chi connectivity index (χ1) is 10.3. The number of rotatable bonds is 6. The zero-order valence-corrected chi connectivity index (χ0v) is 13.5. The van der Waals surface area contributed by atoms with Gasteiger partial charge in [0.15, 0.2) is 5.96 Å². The Morgan fingerprint density at radius 1 is 1.33 bits per heavy atom. The minimum Gasteiger partial charge on any atom is -0.357 e. The van der Waals surface area contributed by atoms with Crippen molar-refractivity contribution >= 4 is 28.9 Å². The molecule has 4 nitrogen and oxygen atoms in total. The number of hydrogen-bond acceptors (Lipinski definition) is 3. The average Bonchev–Trinajstić information content (AvgIpc) is 3.00. The maximum atomic E-state index is 5.77. The molecule has 6 heteroatoms. The first-order valence-corrected chi connectivity index (χ1v) is 8.18. The lowest BCUT2D eigenvalue weighted by molar-refractivity contribution is 0.799. The number of guanidine groups is 1. The maximum absolute atomic E-state index is 5.77. The van der Waals surface area contributed by atoms with Gasteiger partial charge in [-0.2, -0.15) is 0 Å². The lowest BCUT2D eigenvalue weighted by Gasteiger charge is -2.11. The summed E-state index contributed by atoms with van der Waals surface area (Å²) < 4.78 is 0. The number of hydrogen-bond donors (Lipinski definition) is 2. The normalized spacial score (nSPS) is 11.4. The molecule has 0 bridgehead atoms. The molecule has 0 aliphatic carbocycles. The quantitative estimate of drug-likeness (QED) is 0.488. The molecule has 2 rings (SSSR count). The fraction of sp³-hybridized carbons (Fsp3) is 0.333. The van der Waals surface area contributed by atoms with Gasteiger partial charge in [0, 0.05) is 24.2 Å². The van der Waals surface area contributed by atoms with Crippen molar-refractivity contribution in [2.24, 2.45) is 4.99 Å². The predicted molar refractivity (Wildman–Crippen MR) is 90.1 cm³/mol. The highest BCUT2D eigenvalue weighted by Gasteiger charge is 1.99. The van der Waals surface area contributed by atoms with E-state index in [1.807, 2.05) is 18.2 Å². The van der Waals surface area contributed by atoms with Crippen molar-refractivity contribution in [3.05, 3.63) is 51.4 Å². The molecule has 0 aliphatic rings. The maximum Gasteiger partial charge on any atom is 0.191 e. The highest BCUT2D eigenvalue weighted by Crippen LogP contribution is 2.09. The van der Waals surface area contributed by atoms with Crippen LogP contribution in [0.3, 0.4) is 0 Å². The summed E-state index contributed by atoms with van der Waals surface area (Å²) in [4.78, 5) is 9.90. The SMILES string of the molecule is CCNC(=NCc1cccs1)NCCc1ccc(Cl)nc1. The average molecular weight is 323 g/mol. The number of nitrogens with one attached hydrogen (secondary N) is 2. The second-order valence-corrected chi connectivity index (χ2v) is 5.86. The topological polar surface area (TPSA) is 49.3 Å². The summed E-state index contributed by atoms with van der Waals surface area (Å²) in [7, 11) is 0. The van der Waals surface area contributed by atoms with Gasteiger partial charge in [0.25, 0.3) is 0 Å². The van der Waals surface area contributed by atoms with Gasteiger partial charge in [0.05, 0.1) is 6.54 Å². The Kier molecular flexibility index (Phi) is 6.50. The van der Waals surface area contributed by atoms with E-state index in [0.29, 0.717) is 11.7 Å². The lowest BCUT2D eigenvalue weighted by atomic mass is 10.2. The van der Waals surface area contributed by atoms with Gasteiger partial charge in [-0.25, -0.2) is 9.98 Å². The molecule has 0 saturated heterocycles. The van der Waals surface area contributed by atoms with Crippen LogP contribution >= 0.6 is 22.9 Å². The van der Waals surface area contributed by atoms with Crippen LogP contribution in [0.15, 0.2) is 40.8 Å². The Labute approximate surface area is 134 Å². The second-order valence-electron chi connectivity index (χ2n) is 4.44. The van der Waals surface area contributed by atoms with Gasteiger partial charge in [-0.15, -0.1) is 11.3 Å². The molecule has 0 saturated carbocycles. The van der Waals surface area contributed by atoms with E-state index in [2.05, 4.69) is 39.0 Å². The van der Waals surface area contributed by atoms with E-state index in [4.69, 9.17) is 11.6 Å². The van der Waals surface area contributed by atoms with Gasteiger partial charge in [-0.05, 0) is 36.4 Å². The Balaban J connectivity index is 1.82. The first-order valence-electron chi connectivity index (χ1n) is 6.93. The molecule has 2 heterocycles. The number of nitrogens with zero attached hydrogens (tertiary/aromatic N) is 2. The fourth-order valence-corrected chi connectivity index (χ4v) is 2.52. The van der Waals surface area contributed by atoms with Crippen LogP contribution in [0.4, 0.5) is 0 Å². The summed E-state index contributed by atoms with van der Waals surface area (Å²) >= 11 is 7.49. The summed E-state index contributed by atoms with van der Waals surface area (Å²) in [5.74, 6) is 0.841. The van der Waals surface area contributed by atoms with Crippen LogP contribution in [-0.2, 0) is 13.0 Å². The van der Waals surface area contributed by atoms with E-state index in [1.54, 1.807) is 17.5 Å². The Morgan fingerprint density at radius 3 is 2.90 bits per heavy atom. The molecule has 0 fully saturated rings. The van der Waals surface area contributed by atoms with Crippen molar-refractivity contribution in [2.45, 2.75) is 19.9 Å². The van der Waals surface area contributed by atoms with E-state index in [9.17, 15) is 0 Å². The summed E-state index contributed by atoms with van der Waals surface area (Å²) in [5.41, 5.74) is 1.15. The summed E-state index contributed by atoms with van der Waals surface area (Å²) in [5, 5.41) is 9.17. The standard InChI is InChI=1S/C15H19ClN4S/c1-2-17-15(20-11-13-4-3-9-21-13)18-8-7-12-5-6-14(16)19-10-12/h3-6,9-10H,2,7-8,11H2,1H3,(H2,17,18,20). The molecule has 0 amide bonds. The zero-order chi connectivity index (χ0) is 14.9. The molecule has 0 unspecified atom stereocenters. The Bertz CT molecular complexity index is 552. The van der Waals surface area contributed by atoms with Crippen molar-refractivity contribution in [1.82, 2.24) is 15.6 Å². The molecule has 0 atom stereocenters. The van der Waals surface area contributed by atoms with Crippen LogP contribution in [0.2, 0.25) is 5.15 Å². The van der Waals surface area contributed by atoms with E-state index in [-0.39, 0.29) is 0 Å². The molecule has 0 radical (unpaired) electrons. The number of thiophene rings is 1. The number of aromatic nitrogens is 1. The Hall–Kier alpha value is -1.59. The van der Waals surface area contributed by atoms with Crippen molar-refractivity contribution in [1.29, 1.82) is 0 Å². The largest absolute Gasteiger partial charge is 0.357 e. The minimum absolute atomic E-state index is 0.526. The molecular weight excluding hydrogens is 304 g/mol. The monoisotopic (exact) mass is 322 g/mol. The van der Waals surface area contributed by atoms with E-state index in [0.717, 1.165) is 31.0 Å². The molecule has 0 spiro atoms. The van der Waals surface area contributed by atoms with Crippen LogP contribution in [0.5, 0.6) is 0 Å². The van der Waals surface area contributed by atoms with Gasteiger partial charge in [0.1, 0.15) is 5.15 Å². The third kappa shape index (κ3) is 5.73. The number of pyridine rings is 1. The molecule has 0 aromatic carbocycles. The third-order valence-corrected chi connectivity index (χ3v) is 3.90. The van der Waals surface area contributed by atoms with Crippen molar-refractivity contribution < 1.29 is 0 Å².